The van der Waals surface area contributed by atoms with E-state index in [9.17, 15) is 4.79 Å². The smallest absolute Gasteiger partial charge is 0.136 e. The molecule has 5 rings (SSSR count). The van der Waals surface area contributed by atoms with Gasteiger partial charge in [0.1, 0.15) is 5.78 Å². The van der Waals surface area contributed by atoms with Crippen LogP contribution in [0.5, 0.6) is 0 Å². The second-order valence-corrected chi connectivity index (χ2v) is 14.2. The van der Waals surface area contributed by atoms with Gasteiger partial charge in [0, 0.05) is 12.3 Å². The van der Waals surface area contributed by atoms with Crippen molar-refractivity contribution in [2.75, 3.05) is 0 Å². The Balaban J connectivity index is 1.56. The highest BCUT2D eigenvalue weighted by Crippen LogP contribution is 2.74. The van der Waals surface area contributed by atoms with Crippen LogP contribution in [0.2, 0.25) is 0 Å². The van der Waals surface area contributed by atoms with Crippen molar-refractivity contribution in [3.63, 3.8) is 0 Å². The minimum absolute atomic E-state index is 0.206. The number of hydrogen-bond donors (Lipinski definition) is 0. The third-order valence-electron chi connectivity index (χ3n) is 12.5. The van der Waals surface area contributed by atoms with E-state index in [1.54, 1.807) is 5.57 Å². The van der Waals surface area contributed by atoms with Crippen molar-refractivity contribution in [1.29, 1.82) is 0 Å². The molecule has 0 saturated heterocycles. The molecule has 1 nitrogen and oxygen atoms in total. The van der Waals surface area contributed by atoms with Crippen LogP contribution in [0, 0.1) is 50.7 Å². The van der Waals surface area contributed by atoms with Crippen molar-refractivity contribution in [2.45, 2.75) is 113 Å². The highest BCUT2D eigenvalue weighted by atomic mass is 16.1. The van der Waals surface area contributed by atoms with Gasteiger partial charge in [0.15, 0.2) is 0 Å². The van der Waals surface area contributed by atoms with Crippen LogP contribution in [-0.2, 0) is 4.79 Å². The maximum atomic E-state index is 12.6. The van der Waals surface area contributed by atoms with Crippen LogP contribution in [0.1, 0.15) is 113 Å². The summed E-state index contributed by atoms with van der Waals surface area (Å²) in [4.78, 5) is 12.6. The van der Waals surface area contributed by atoms with Gasteiger partial charge >= 0.3 is 0 Å². The van der Waals surface area contributed by atoms with Gasteiger partial charge in [-0.3, -0.25) is 4.79 Å². The van der Waals surface area contributed by atoms with E-state index in [1.807, 2.05) is 0 Å². The van der Waals surface area contributed by atoms with Gasteiger partial charge in [-0.05, 0) is 103 Å². The monoisotopic (exact) mass is 410 g/mol. The first-order valence-electron chi connectivity index (χ1n) is 13.1. The van der Waals surface area contributed by atoms with E-state index in [-0.39, 0.29) is 11.3 Å². The number of carbonyl (C=O) groups excluding carboxylic acids is 1. The molecule has 0 aromatic carbocycles. The lowest BCUT2D eigenvalue weighted by molar-refractivity contribution is -0.180. The third-order valence-corrected chi connectivity index (χ3v) is 12.5. The highest BCUT2D eigenvalue weighted by molar-refractivity contribution is 5.82. The molecule has 8 atom stereocenters. The zero-order chi connectivity index (χ0) is 21.7. The number of Topliss-reactive ketones (excluding diaryl/α,β-unsaturated/α-hetero) is 1. The molecule has 5 aliphatic carbocycles. The predicted molar refractivity (Wildman–Crippen MR) is 125 cm³/mol. The molecule has 1 heteroatoms. The minimum atomic E-state index is 0.206. The summed E-state index contributed by atoms with van der Waals surface area (Å²) in [5, 5.41) is 0. The summed E-state index contributed by atoms with van der Waals surface area (Å²) in [6, 6.07) is 0. The number of carbonyl (C=O) groups is 1. The van der Waals surface area contributed by atoms with E-state index in [0.717, 1.165) is 24.7 Å². The van der Waals surface area contributed by atoms with Crippen LogP contribution in [0.3, 0.4) is 0 Å². The van der Waals surface area contributed by atoms with Crippen molar-refractivity contribution < 1.29 is 4.79 Å². The summed E-state index contributed by atoms with van der Waals surface area (Å²) < 4.78 is 0. The normalized spacial score (nSPS) is 54.9. The van der Waals surface area contributed by atoms with Gasteiger partial charge in [-0.15, -0.1) is 0 Å². The second-order valence-electron chi connectivity index (χ2n) is 14.2. The molecule has 8 unspecified atom stereocenters. The average Bonchev–Trinajstić information content (AvgIpc) is 2.68. The van der Waals surface area contributed by atoms with E-state index in [2.05, 4.69) is 54.5 Å². The SMILES string of the molecule is CC1C(=O)CCC2C3=CCC4(C)C5CC(C)(C)CCC5(C)CCC4(C)C3CCC12C. The van der Waals surface area contributed by atoms with Crippen LogP contribution in [0.25, 0.3) is 0 Å². The lowest BCUT2D eigenvalue weighted by Gasteiger charge is -2.70. The molecule has 0 heterocycles. The molecular formula is C29H46O. The van der Waals surface area contributed by atoms with E-state index < -0.39 is 0 Å². The molecule has 0 amide bonds. The number of allylic oxidation sites excluding steroid dienone is 2. The summed E-state index contributed by atoms with van der Waals surface area (Å²) in [6.45, 7) is 17.8. The molecule has 0 radical (unpaired) electrons. The van der Waals surface area contributed by atoms with Crippen LogP contribution < -0.4 is 0 Å². The Morgan fingerprint density at radius 1 is 0.833 bits per heavy atom. The fraction of sp³-hybridized carbons (Fsp3) is 0.897. The molecule has 30 heavy (non-hydrogen) atoms. The first-order chi connectivity index (χ1) is 13.9. The van der Waals surface area contributed by atoms with Gasteiger partial charge in [-0.1, -0.05) is 60.1 Å². The van der Waals surface area contributed by atoms with Crippen molar-refractivity contribution in [3.05, 3.63) is 11.6 Å². The van der Waals surface area contributed by atoms with Gasteiger partial charge in [0.2, 0.25) is 0 Å². The third kappa shape index (κ3) is 2.56. The maximum absolute atomic E-state index is 12.6. The molecule has 0 bridgehead atoms. The zero-order valence-corrected chi connectivity index (χ0v) is 20.9. The largest absolute Gasteiger partial charge is 0.299 e. The zero-order valence-electron chi connectivity index (χ0n) is 20.9. The fourth-order valence-electron chi connectivity index (χ4n) is 9.78. The number of hydrogen-bond acceptors (Lipinski definition) is 1. The molecule has 0 aromatic rings. The second kappa shape index (κ2) is 6.26. The van der Waals surface area contributed by atoms with Crippen LogP contribution in [0.15, 0.2) is 11.6 Å². The van der Waals surface area contributed by atoms with Crippen molar-refractivity contribution in [3.8, 4) is 0 Å². The Morgan fingerprint density at radius 2 is 1.53 bits per heavy atom. The molecule has 4 fully saturated rings. The van der Waals surface area contributed by atoms with Gasteiger partial charge < -0.3 is 0 Å². The number of rotatable bonds is 0. The quantitative estimate of drug-likeness (QED) is 0.370. The van der Waals surface area contributed by atoms with Crippen molar-refractivity contribution >= 4 is 5.78 Å². The minimum Gasteiger partial charge on any atom is -0.299 e. The summed E-state index contributed by atoms with van der Waals surface area (Å²) in [7, 11) is 0. The average molecular weight is 411 g/mol. The van der Waals surface area contributed by atoms with Gasteiger partial charge in [-0.25, -0.2) is 0 Å². The van der Waals surface area contributed by atoms with E-state index in [1.165, 1.54) is 51.4 Å². The summed E-state index contributed by atoms with van der Waals surface area (Å²) in [5.74, 6) is 3.03. The molecule has 0 N–H and O–H groups in total. The van der Waals surface area contributed by atoms with E-state index >= 15 is 0 Å². The Hall–Kier alpha value is -0.590. The first-order valence-corrected chi connectivity index (χ1v) is 13.1. The predicted octanol–water partition coefficient (Wildman–Crippen LogP) is 7.99. The van der Waals surface area contributed by atoms with E-state index in [0.29, 0.717) is 33.4 Å². The molecule has 0 aliphatic heterocycles. The molecule has 168 valence electrons. The first kappa shape index (κ1) is 21.3. The lowest BCUT2D eigenvalue weighted by Crippen LogP contribution is -2.62. The standard InChI is InChI=1S/C29H46O/c1-19-23(30)9-8-21-20-10-13-29(7)24-18-25(2,3)14-15-26(24,4)16-17-28(29,6)22(20)11-12-27(19,21)5/h10,19,21-22,24H,8-9,11-18H2,1-7H3. The van der Waals surface area contributed by atoms with Crippen molar-refractivity contribution in [2.24, 2.45) is 50.7 Å². The van der Waals surface area contributed by atoms with Gasteiger partial charge in [0.25, 0.3) is 0 Å². The summed E-state index contributed by atoms with van der Waals surface area (Å²) in [6.07, 6.45) is 15.6. The summed E-state index contributed by atoms with van der Waals surface area (Å²) >= 11 is 0. The number of fused-ring (bicyclic) bond motifs is 7. The maximum Gasteiger partial charge on any atom is 0.136 e. The van der Waals surface area contributed by atoms with Crippen LogP contribution in [0.4, 0.5) is 0 Å². The Morgan fingerprint density at radius 3 is 2.27 bits per heavy atom. The molecule has 5 aliphatic rings. The molecular weight excluding hydrogens is 364 g/mol. The fourth-order valence-corrected chi connectivity index (χ4v) is 9.78. The summed E-state index contributed by atoms with van der Waals surface area (Å²) in [5.41, 5.74) is 3.90. The van der Waals surface area contributed by atoms with Gasteiger partial charge in [-0.2, -0.15) is 0 Å². The van der Waals surface area contributed by atoms with Gasteiger partial charge in [0.05, 0.1) is 0 Å². The van der Waals surface area contributed by atoms with Crippen LogP contribution in [-0.4, -0.2) is 5.78 Å². The van der Waals surface area contributed by atoms with E-state index in [4.69, 9.17) is 0 Å². The van der Waals surface area contributed by atoms with Crippen LogP contribution >= 0.6 is 0 Å². The number of ketones is 1. The molecule has 0 aromatic heterocycles. The van der Waals surface area contributed by atoms with Crippen molar-refractivity contribution in [1.82, 2.24) is 0 Å². The highest BCUT2D eigenvalue weighted by Gasteiger charge is 2.66. The Bertz CT molecular complexity index is 790. The molecule has 0 spiro atoms. The topological polar surface area (TPSA) is 17.1 Å². The Labute approximate surface area is 185 Å². The lowest BCUT2D eigenvalue weighted by atomic mass is 9.34. The molecule has 4 saturated carbocycles. The Kier molecular flexibility index (Phi) is 4.43.